The lowest BCUT2D eigenvalue weighted by atomic mass is 10.7. The average Bonchev–Trinajstić information content (AvgIpc) is 1.67. The minimum Gasteiger partial charge on any atom is -0.395 e. The minimum atomic E-state index is -2.49. The summed E-state index contributed by atoms with van der Waals surface area (Å²) in [5.41, 5.74) is 0. The molecule has 0 rings (SSSR count). The molecular weight excluding hydrogens is 130 g/mol. The first-order valence-corrected chi connectivity index (χ1v) is 3.28. The number of hydrogen-bond donors (Lipinski definition) is 2. The third kappa shape index (κ3) is 2.95. The Kier molecular flexibility index (Phi) is 3.76. The molecule has 0 aliphatic heterocycles. The lowest BCUT2D eigenvalue weighted by molar-refractivity contribution is 0.268. The van der Waals surface area contributed by atoms with Gasteiger partial charge in [-0.3, -0.25) is 0 Å². The SMILES string of the molecule is CN(CCO)[SH](=O)=O. The highest BCUT2D eigenvalue weighted by molar-refractivity contribution is 7.69. The molecule has 0 amide bonds. The number of aliphatic hydroxyl groups excluding tert-OH is 1. The molecular formula is C3H9NO3S. The van der Waals surface area contributed by atoms with Crippen molar-refractivity contribution in [2.45, 2.75) is 0 Å². The third-order valence-electron chi connectivity index (χ3n) is 0.702. The maximum atomic E-state index is 9.94. The van der Waals surface area contributed by atoms with Crippen molar-refractivity contribution >= 4 is 10.9 Å². The van der Waals surface area contributed by atoms with Gasteiger partial charge in [0.25, 0.3) is 0 Å². The second-order valence-electron chi connectivity index (χ2n) is 1.34. The van der Waals surface area contributed by atoms with Gasteiger partial charge in [0.2, 0.25) is 10.9 Å². The van der Waals surface area contributed by atoms with E-state index in [1.165, 1.54) is 7.05 Å². The van der Waals surface area contributed by atoms with Crippen LogP contribution in [0.5, 0.6) is 0 Å². The largest absolute Gasteiger partial charge is 0.395 e. The number of rotatable bonds is 3. The normalized spacial score (nSPS) is 11.0. The molecule has 0 saturated carbocycles. The van der Waals surface area contributed by atoms with Gasteiger partial charge in [0.15, 0.2) is 0 Å². The Morgan fingerprint density at radius 3 is 2.25 bits per heavy atom. The molecule has 0 radical (unpaired) electrons. The first-order valence-electron chi connectivity index (χ1n) is 2.14. The molecule has 0 aromatic rings. The first kappa shape index (κ1) is 7.87. The van der Waals surface area contributed by atoms with Gasteiger partial charge in [-0.2, -0.15) is 0 Å². The Morgan fingerprint density at radius 1 is 1.62 bits per heavy atom. The van der Waals surface area contributed by atoms with Gasteiger partial charge in [-0.25, -0.2) is 12.7 Å². The molecule has 0 aliphatic rings. The fourth-order valence-electron chi connectivity index (χ4n) is 0.226. The van der Waals surface area contributed by atoms with Crippen LogP contribution in [-0.2, 0) is 10.9 Å². The lowest BCUT2D eigenvalue weighted by Crippen LogP contribution is -2.19. The van der Waals surface area contributed by atoms with Crippen LogP contribution in [0.1, 0.15) is 0 Å². The van der Waals surface area contributed by atoms with E-state index in [1.54, 1.807) is 0 Å². The standard InChI is InChI=1S/C3H9NO3S/c1-4(2-3-5)8(6)7/h5,8H,2-3H2,1H3. The van der Waals surface area contributed by atoms with Crippen molar-refractivity contribution in [2.75, 3.05) is 20.2 Å². The van der Waals surface area contributed by atoms with Crippen LogP contribution in [0, 0.1) is 0 Å². The van der Waals surface area contributed by atoms with Crippen LogP contribution in [0.15, 0.2) is 0 Å². The van der Waals surface area contributed by atoms with Crippen LogP contribution in [0.4, 0.5) is 0 Å². The summed E-state index contributed by atoms with van der Waals surface area (Å²) < 4.78 is 20.9. The maximum Gasteiger partial charge on any atom is 0.203 e. The van der Waals surface area contributed by atoms with Crippen molar-refractivity contribution in [2.24, 2.45) is 0 Å². The van der Waals surface area contributed by atoms with E-state index in [0.29, 0.717) is 0 Å². The molecule has 5 heteroatoms. The number of aliphatic hydroxyl groups is 1. The fraction of sp³-hybridized carbons (Fsp3) is 1.00. The molecule has 0 atom stereocenters. The molecule has 8 heavy (non-hydrogen) atoms. The minimum absolute atomic E-state index is 0.125. The molecule has 0 heterocycles. The summed E-state index contributed by atoms with van der Waals surface area (Å²) in [4.78, 5) is 0. The van der Waals surface area contributed by atoms with Gasteiger partial charge in [0, 0.05) is 13.6 Å². The maximum absolute atomic E-state index is 9.94. The van der Waals surface area contributed by atoms with Crippen molar-refractivity contribution < 1.29 is 13.5 Å². The molecule has 0 unspecified atom stereocenters. The van der Waals surface area contributed by atoms with Crippen LogP contribution in [0.25, 0.3) is 0 Å². The van der Waals surface area contributed by atoms with E-state index < -0.39 is 10.9 Å². The van der Waals surface area contributed by atoms with Gasteiger partial charge < -0.3 is 5.11 Å². The predicted molar refractivity (Wildman–Crippen MR) is 30.0 cm³/mol. The van der Waals surface area contributed by atoms with Crippen LogP contribution in [0.3, 0.4) is 0 Å². The highest BCUT2D eigenvalue weighted by atomic mass is 32.2. The zero-order valence-corrected chi connectivity index (χ0v) is 5.47. The van der Waals surface area contributed by atoms with Crippen molar-refractivity contribution in [1.82, 2.24) is 4.31 Å². The summed E-state index contributed by atoms with van der Waals surface area (Å²) in [5, 5.41) is 8.18. The van der Waals surface area contributed by atoms with Gasteiger partial charge in [0.05, 0.1) is 6.61 Å². The molecule has 0 bridgehead atoms. The molecule has 0 spiro atoms. The Bertz CT molecular complexity index is 114. The monoisotopic (exact) mass is 139 g/mol. The molecule has 1 N–H and O–H groups in total. The Labute approximate surface area is 49.8 Å². The quantitative estimate of drug-likeness (QED) is 0.465. The summed E-state index contributed by atoms with van der Waals surface area (Å²) in [6.45, 7) is 0.0541. The highest BCUT2D eigenvalue weighted by Gasteiger charge is 1.94. The zero-order valence-electron chi connectivity index (χ0n) is 4.57. The van der Waals surface area contributed by atoms with Crippen LogP contribution < -0.4 is 0 Å². The van der Waals surface area contributed by atoms with Crippen LogP contribution in [-0.4, -0.2) is 38.0 Å². The topological polar surface area (TPSA) is 57.6 Å². The van der Waals surface area contributed by atoms with E-state index in [2.05, 4.69) is 0 Å². The summed E-state index contributed by atoms with van der Waals surface area (Å²) >= 11 is 0. The molecule has 0 aromatic heterocycles. The van der Waals surface area contributed by atoms with Gasteiger partial charge in [-0.1, -0.05) is 0 Å². The van der Waals surface area contributed by atoms with Gasteiger partial charge >= 0.3 is 0 Å². The Balaban J connectivity index is 3.48. The van der Waals surface area contributed by atoms with E-state index in [9.17, 15) is 8.42 Å². The number of hydrogen-bond acceptors (Lipinski definition) is 3. The Hall–Kier alpha value is -0.130. The summed E-state index contributed by atoms with van der Waals surface area (Å²) in [5.74, 6) is 0. The number of likely N-dealkylation sites (N-methyl/N-ethyl adjacent to an activating group) is 1. The molecule has 0 saturated heterocycles. The van der Waals surface area contributed by atoms with E-state index in [4.69, 9.17) is 5.11 Å². The summed E-state index contributed by atoms with van der Waals surface area (Å²) in [6.07, 6.45) is 0. The van der Waals surface area contributed by atoms with Gasteiger partial charge in [-0.05, 0) is 0 Å². The van der Waals surface area contributed by atoms with Crippen molar-refractivity contribution in [3.63, 3.8) is 0 Å². The average molecular weight is 139 g/mol. The molecule has 50 valence electrons. The predicted octanol–water partition coefficient (Wildman–Crippen LogP) is -1.56. The summed E-state index contributed by atoms with van der Waals surface area (Å²) in [6, 6.07) is 0. The van der Waals surface area contributed by atoms with Crippen molar-refractivity contribution in [3.8, 4) is 0 Å². The van der Waals surface area contributed by atoms with E-state index in [-0.39, 0.29) is 13.2 Å². The van der Waals surface area contributed by atoms with E-state index in [1.807, 2.05) is 0 Å². The molecule has 4 nitrogen and oxygen atoms in total. The zero-order chi connectivity index (χ0) is 6.57. The fourth-order valence-corrected chi connectivity index (χ4v) is 0.479. The lowest BCUT2D eigenvalue weighted by Gasteiger charge is -2.02. The van der Waals surface area contributed by atoms with Crippen molar-refractivity contribution in [1.29, 1.82) is 0 Å². The second kappa shape index (κ2) is 3.82. The van der Waals surface area contributed by atoms with Crippen LogP contribution in [0.2, 0.25) is 0 Å². The van der Waals surface area contributed by atoms with Gasteiger partial charge in [-0.15, -0.1) is 0 Å². The number of nitrogens with zero attached hydrogens (tertiary/aromatic N) is 1. The molecule has 0 fully saturated rings. The van der Waals surface area contributed by atoms with Crippen molar-refractivity contribution in [3.05, 3.63) is 0 Å². The number of thiol groups is 1. The van der Waals surface area contributed by atoms with E-state index >= 15 is 0 Å². The highest BCUT2D eigenvalue weighted by Crippen LogP contribution is 1.76. The third-order valence-corrected chi connectivity index (χ3v) is 1.46. The Morgan fingerprint density at radius 2 is 2.12 bits per heavy atom. The smallest absolute Gasteiger partial charge is 0.203 e. The molecule has 0 aromatic carbocycles. The second-order valence-corrected chi connectivity index (χ2v) is 2.50. The molecule has 0 aliphatic carbocycles. The van der Waals surface area contributed by atoms with E-state index in [0.717, 1.165) is 4.31 Å². The van der Waals surface area contributed by atoms with Gasteiger partial charge in [0.1, 0.15) is 0 Å². The van der Waals surface area contributed by atoms with Crippen LogP contribution >= 0.6 is 0 Å². The summed E-state index contributed by atoms with van der Waals surface area (Å²) in [7, 11) is -1.09. The first-order chi connectivity index (χ1) is 3.68.